The van der Waals surface area contributed by atoms with E-state index in [1.54, 1.807) is 24.3 Å². The van der Waals surface area contributed by atoms with Crippen molar-refractivity contribution in [3.05, 3.63) is 77.1 Å². The fraction of sp³-hybridized carbons (Fsp3) is 0.353. The molecule has 1 heterocycles. The summed E-state index contributed by atoms with van der Waals surface area (Å²) < 4.78 is 53.7. The predicted octanol–water partition coefficient (Wildman–Crippen LogP) is 4.40. The van der Waals surface area contributed by atoms with Gasteiger partial charge in [-0.25, -0.2) is 14.0 Å². The summed E-state index contributed by atoms with van der Waals surface area (Å²) in [6.45, 7) is -0.446. The van der Waals surface area contributed by atoms with Gasteiger partial charge in [0.05, 0.1) is 51.2 Å². The van der Waals surface area contributed by atoms with Crippen LogP contribution >= 0.6 is 0 Å². The lowest BCUT2D eigenvalue weighted by atomic mass is 9.85. The Bertz CT molecular complexity index is 1670. The number of hydrogen-bond acceptors (Lipinski definition) is 11. The number of ether oxygens (including phenoxy) is 7. The zero-order chi connectivity index (χ0) is 35.7. The molecule has 4 rings (SSSR count). The van der Waals surface area contributed by atoms with Gasteiger partial charge in [-0.1, -0.05) is 24.3 Å². The van der Waals surface area contributed by atoms with Crippen LogP contribution in [0.2, 0.25) is 0 Å². The number of likely N-dealkylation sites (tertiary alicyclic amines) is 1. The molecule has 3 aromatic carbocycles. The third kappa shape index (κ3) is 7.78. The van der Waals surface area contributed by atoms with Crippen LogP contribution in [0.4, 0.5) is 9.18 Å². The first kappa shape index (κ1) is 36.3. The van der Waals surface area contributed by atoms with Gasteiger partial charge in [-0.2, -0.15) is 0 Å². The highest BCUT2D eigenvalue weighted by Crippen LogP contribution is 2.41. The molecule has 0 aromatic heterocycles. The second kappa shape index (κ2) is 16.5. The van der Waals surface area contributed by atoms with Gasteiger partial charge in [0.2, 0.25) is 6.23 Å². The Morgan fingerprint density at radius 2 is 1.57 bits per heavy atom. The lowest BCUT2D eigenvalue weighted by Crippen LogP contribution is -2.58. The number of amides is 2. The Hall–Kier alpha value is -5.57. The second-order valence-electron chi connectivity index (χ2n) is 10.6. The van der Waals surface area contributed by atoms with E-state index >= 15 is 4.39 Å². The summed E-state index contributed by atoms with van der Waals surface area (Å²) in [5, 5.41) is 13.0. The molecular weight excluding hydrogens is 647 g/mol. The first-order chi connectivity index (χ1) is 23.6. The fourth-order valence-electron chi connectivity index (χ4n) is 5.60. The number of nitrogens with zero attached hydrogens (tertiary/aromatic N) is 1. The van der Waals surface area contributed by atoms with Gasteiger partial charge in [0.25, 0.3) is 5.91 Å². The van der Waals surface area contributed by atoms with Crippen LogP contribution in [-0.2, 0) is 9.47 Å². The molecule has 0 aliphatic carbocycles. The lowest BCUT2D eigenvalue weighted by Gasteiger charge is -2.35. The van der Waals surface area contributed by atoms with Gasteiger partial charge >= 0.3 is 12.1 Å². The minimum Gasteiger partial charge on any atom is -0.496 e. The maximum Gasteiger partial charge on any atom is 0.410 e. The molecule has 1 saturated heterocycles. The average molecular weight is 685 g/mol. The predicted molar refractivity (Wildman–Crippen MR) is 170 cm³/mol. The second-order valence-corrected chi connectivity index (χ2v) is 10.6. The van der Waals surface area contributed by atoms with Crippen molar-refractivity contribution in [2.24, 2.45) is 5.92 Å². The van der Waals surface area contributed by atoms with Crippen LogP contribution < -0.4 is 29.0 Å². The fourth-order valence-corrected chi connectivity index (χ4v) is 5.60. The van der Waals surface area contributed by atoms with Crippen molar-refractivity contribution < 1.29 is 61.8 Å². The quantitative estimate of drug-likeness (QED) is 0.148. The number of benzene rings is 3. The summed E-state index contributed by atoms with van der Waals surface area (Å²) in [6, 6.07) is 11.9. The molecule has 0 bridgehead atoms. The van der Waals surface area contributed by atoms with Crippen LogP contribution in [0.25, 0.3) is 0 Å². The van der Waals surface area contributed by atoms with Gasteiger partial charge in [-0.15, -0.1) is 0 Å². The van der Waals surface area contributed by atoms with Crippen molar-refractivity contribution in [2.45, 2.75) is 25.1 Å². The number of rotatable bonds is 13. The van der Waals surface area contributed by atoms with Gasteiger partial charge in [0.1, 0.15) is 5.75 Å². The van der Waals surface area contributed by atoms with Gasteiger partial charge in [-0.05, 0) is 37.1 Å². The number of carbonyl (C=O) groups is 4. The van der Waals surface area contributed by atoms with Crippen LogP contribution in [0, 0.1) is 11.7 Å². The lowest BCUT2D eigenvalue weighted by molar-refractivity contribution is -0.0417. The smallest absolute Gasteiger partial charge is 0.410 e. The summed E-state index contributed by atoms with van der Waals surface area (Å²) in [6.07, 6.45) is -3.23. The molecule has 15 heteroatoms. The summed E-state index contributed by atoms with van der Waals surface area (Å²) >= 11 is 0. The molecule has 1 aliphatic rings. The molecule has 0 spiro atoms. The number of methoxy groups -OCH3 is 5. The third-order valence-electron chi connectivity index (χ3n) is 7.89. The number of nitrogens with one attached hydrogen (secondary N) is 1. The van der Waals surface area contributed by atoms with E-state index in [4.69, 9.17) is 33.2 Å². The van der Waals surface area contributed by atoms with Gasteiger partial charge in [0, 0.05) is 25.6 Å². The van der Waals surface area contributed by atoms with Gasteiger partial charge < -0.3 is 43.6 Å². The average Bonchev–Trinajstić information content (AvgIpc) is 3.29. The van der Waals surface area contributed by atoms with Crippen LogP contribution in [0.15, 0.2) is 54.6 Å². The highest BCUT2D eigenvalue weighted by atomic mass is 19.1. The maximum atomic E-state index is 16.1. The third-order valence-corrected chi connectivity index (χ3v) is 7.89. The molecule has 3 atom stereocenters. The molecule has 262 valence electrons. The van der Waals surface area contributed by atoms with Gasteiger partial charge in [0.15, 0.2) is 41.4 Å². The van der Waals surface area contributed by atoms with E-state index in [1.165, 1.54) is 65.9 Å². The Morgan fingerprint density at radius 3 is 2.18 bits per heavy atom. The largest absolute Gasteiger partial charge is 0.496 e. The van der Waals surface area contributed by atoms with E-state index in [2.05, 4.69) is 5.32 Å². The van der Waals surface area contributed by atoms with E-state index in [0.717, 1.165) is 4.90 Å². The van der Waals surface area contributed by atoms with Crippen molar-refractivity contribution >= 4 is 23.8 Å². The summed E-state index contributed by atoms with van der Waals surface area (Å²) in [5.74, 6) is -5.59. The molecule has 14 nitrogen and oxygen atoms in total. The Kier molecular flexibility index (Phi) is 12.2. The topological polar surface area (TPSA) is 168 Å². The number of carbonyl (C=O) groups excluding carboxylic acids is 3. The minimum atomic E-state index is -1.76. The van der Waals surface area contributed by atoms with Crippen LogP contribution in [0.3, 0.4) is 0 Å². The number of esters is 1. The van der Waals surface area contributed by atoms with Crippen molar-refractivity contribution in [2.75, 3.05) is 48.9 Å². The highest BCUT2D eigenvalue weighted by Gasteiger charge is 2.46. The van der Waals surface area contributed by atoms with Crippen LogP contribution in [0.1, 0.15) is 43.9 Å². The zero-order valence-corrected chi connectivity index (χ0v) is 27.5. The first-order valence-corrected chi connectivity index (χ1v) is 15.0. The Labute approximate surface area is 281 Å². The van der Waals surface area contributed by atoms with E-state index < -0.39 is 53.3 Å². The normalized spacial score (nSPS) is 17.3. The zero-order valence-electron chi connectivity index (χ0n) is 27.5. The van der Waals surface area contributed by atoms with Crippen molar-refractivity contribution in [3.63, 3.8) is 0 Å². The molecule has 1 fully saturated rings. The molecule has 0 radical (unpaired) electrons. The van der Waals surface area contributed by atoms with Crippen molar-refractivity contribution in [3.8, 4) is 28.7 Å². The molecule has 2 N–H and O–H groups in total. The van der Waals surface area contributed by atoms with Crippen LogP contribution in [0.5, 0.6) is 28.7 Å². The van der Waals surface area contributed by atoms with E-state index in [-0.39, 0.29) is 66.1 Å². The summed E-state index contributed by atoms with van der Waals surface area (Å²) in [4.78, 5) is 55.4. The number of halogens is 1. The summed E-state index contributed by atoms with van der Waals surface area (Å²) in [5.41, 5.74) is -0.524. The van der Waals surface area contributed by atoms with Crippen molar-refractivity contribution in [1.29, 1.82) is 0 Å². The van der Waals surface area contributed by atoms with E-state index in [9.17, 15) is 24.3 Å². The summed E-state index contributed by atoms with van der Waals surface area (Å²) in [7, 11) is 6.45. The molecular formula is C34H37FN2O12. The molecule has 0 saturated carbocycles. The first-order valence-electron chi connectivity index (χ1n) is 15.0. The SMILES string of the molecule is COCOc1c(OC)cccc1C(=O)NC1C(C(=O)c2c(OC)cc(OC)c(OC)c2F)CCCN(C(=O)O)C1OC(=O)c1ccccc1. The van der Waals surface area contributed by atoms with E-state index in [0.29, 0.717) is 0 Å². The number of hydrogen-bond donors (Lipinski definition) is 2. The number of ketones is 1. The van der Waals surface area contributed by atoms with Crippen LogP contribution in [-0.4, -0.2) is 94.9 Å². The minimum absolute atomic E-state index is 0.0126. The number of Topliss-reactive ketones (excluding diaryl/α,β-unsaturated/α-hetero) is 1. The Morgan fingerprint density at radius 1 is 0.878 bits per heavy atom. The Balaban J connectivity index is 1.90. The maximum absolute atomic E-state index is 16.1. The monoisotopic (exact) mass is 684 g/mol. The molecule has 1 aliphatic heterocycles. The highest BCUT2D eigenvalue weighted by molar-refractivity contribution is 6.03. The van der Waals surface area contributed by atoms with Crippen molar-refractivity contribution in [1.82, 2.24) is 10.2 Å². The number of para-hydroxylation sites is 1. The molecule has 3 aromatic rings. The molecule has 49 heavy (non-hydrogen) atoms. The number of carboxylic acid groups (broad SMARTS) is 1. The molecule has 3 unspecified atom stereocenters. The van der Waals surface area contributed by atoms with E-state index in [1.807, 2.05) is 0 Å². The standard InChI is InChI=1S/C34H37FN2O12/c1-43-18-48-29-21(13-9-15-22(29)44-2)31(39)36-27-20(28(38)25-23(45-3)17-24(46-4)30(47-5)26(25)35)14-10-16-37(34(41)42)32(27)49-33(40)19-11-7-6-8-12-19/h6-9,11-13,15,17,20,27,32H,10,14,16,18H2,1-5H3,(H,36,39)(H,41,42). The van der Waals surface area contributed by atoms with Gasteiger partial charge in [-0.3, -0.25) is 14.5 Å². The molecule has 2 amide bonds.